The second-order valence-corrected chi connectivity index (χ2v) is 3.89. The summed E-state index contributed by atoms with van der Waals surface area (Å²) in [6.07, 6.45) is 1.77. The number of carbonyl (C=O) groups excluding carboxylic acids is 1. The molecule has 0 saturated carbocycles. The first-order valence-electron chi connectivity index (χ1n) is 4.96. The third kappa shape index (κ3) is 4.70. The van der Waals surface area contributed by atoms with Crippen LogP contribution in [0.5, 0.6) is 0 Å². The van der Waals surface area contributed by atoms with E-state index in [1.165, 1.54) is 0 Å². The number of hydrogen-bond donors (Lipinski definition) is 2. The highest BCUT2D eigenvalue weighted by molar-refractivity contribution is 6.30. The van der Waals surface area contributed by atoms with Crippen LogP contribution in [0.15, 0.2) is 36.4 Å². The number of rotatable bonds is 4. The molecule has 5 heteroatoms. The lowest BCUT2D eigenvalue weighted by Gasteiger charge is -2.12. The van der Waals surface area contributed by atoms with E-state index in [4.69, 9.17) is 16.7 Å². The van der Waals surface area contributed by atoms with Crippen molar-refractivity contribution in [1.82, 2.24) is 5.32 Å². The molecule has 0 heterocycles. The first-order valence-corrected chi connectivity index (χ1v) is 5.34. The molecule has 0 aliphatic rings. The summed E-state index contributed by atoms with van der Waals surface area (Å²) in [5.41, 5.74) is 0.856. The highest BCUT2D eigenvalue weighted by Crippen LogP contribution is 2.17. The molecule has 90 valence electrons. The Hall–Kier alpha value is -1.81. The van der Waals surface area contributed by atoms with E-state index in [2.05, 4.69) is 5.32 Å². The van der Waals surface area contributed by atoms with Gasteiger partial charge in [0.15, 0.2) is 0 Å². The minimum Gasteiger partial charge on any atom is -0.478 e. The number of carbonyl (C=O) groups is 2. The predicted molar refractivity (Wildman–Crippen MR) is 64.8 cm³/mol. The first kappa shape index (κ1) is 13.3. The molecule has 0 aromatic heterocycles. The Morgan fingerprint density at radius 2 is 2.12 bits per heavy atom. The van der Waals surface area contributed by atoms with Crippen LogP contribution in [-0.4, -0.2) is 17.0 Å². The van der Waals surface area contributed by atoms with Gasteiger partial charge in [-0.3, -0.25) is 4.79 Å². The van der Waals surface area contributed by atoms with Crippen molar-refractivity contribution >= 4 is 23.5 Å². The van der Waals surface area contributed by atoms with E-state index < -0.39 is 11.9 Å². The summed E-state index contributed by atoms with van der Waals surface area (Å²) in [4.78, 5) is 21.5. The fourth-order valence-corrected chi connectivity index (χ4v) is 1.47. The predicted octanol–water partition coefficient (Wildman–Crippen LogP) is 2.16. The van der Waals surface area contributed by atoms with Crippen LogP contribution in [0, 0.1) is 0 Å². The van der Waals surface area contributed by atoms with Crippen molar-refractivity contribution in [2.45, 2.75) is 13.0 Å². The number of carboxylic acid groups (broad SMARTS) is 1. The van der Waals surface area contributed by atoms with Crippen LogP contribution >= 0.6 is 11.6 Å². The van der Waals surface area contributed by atoms with Crippen LogP contribution in [0.3, 0.4) is 0 Å². The summed E-state index contributed by atoms with van der Waals surface area (Å²) >= 11 is 5.82. The zero-order chi connectivity index (χ0) is 12.8. The van der Waals surface area contributed by atoms with E-state index in [-0.39, 0.29) is 6.04 Å². The fraction of sp³-hybridized carbons (Fsp3) is 0.167. The standard InChI is InChI=1S/C12H12ClNO3/c1-8(9-3-2-4-10(13)7-9)14-11(15)5-6-12(16)17/h2-8H,1H3,(H,14,15)(H,16,17)/b6-5+/t8-/m0/s1. The largest absolute Gasteiger partial charge is 0.478 e. The van der Waals surface area contributed by atoms with Gasteiger partial charge in [-0.2, -0.15) is 0 Å². The molecule has 2 N–H and O–H groups in total. The Balaban J connectivity index is 2.63. The van der Waals surface area contributed by atoms with Crippen molar-refractivity contribution in [2.75, 3.05) is 0 Å². The van der Waals surface area contributed by atoms with Gasteiger partial charge < -0.3 is 10.4 Å². The van der Waals surface area contributed by atoms with Crippen molar-refractivity contribution in [3.8, 4) is 0 Å². The van der Waals surface area contributed by atoms with Gasteiger partial charge in [0, 0.05) is 17.2 Å². The van der Waals surface area contributed by atoms with Crippen molar-refractivity contribution in [1.29, 1.82) is 0 Å². The molecule has 1 aromatic rings. The molecule has 1 aromatic carbocycles. The molecule has 0 radical (unpaired) electrons. The number of benzene rings is 1. The Morgan fingerprint density at radius 1 is 1.41 bits per heavy atom. The topological polar surface area (TPSA) is 66.4 Å². The quantitative estimate of drug-likeness (QED) is 0.808. The SMILES string of the molecule is C[C@H](NC(=O)/C=C/C(=O)O)c1cccc(Cl)c1. The lowest BCUT2D eigenvalue weighted by molar-refractivity contribution is -0.131. The second kappa shape index (κ2) is 6.06. The minimum absolute atomic E-state index is 0.236. The van der Waals surface area contributed by atoms with Gasteiger partial charge in [-0.05, 0) is 24.6 Å². The number of carboxylic acids is 1. The molecule has 17 heavy (non-hydrogen) atoms. The molecule has 0 fully saturated rings. The summed E-state index contributed by atoms with van der Waals surface area (Å²) in [5, 5.41) is 11.6. The third-order valence-corrected chi connectivity index (χ3v) is 2.32. The van der Waals surface area contributed by atoms with Crippen LogP contribution in [-0.2, 0) is 9.59 Å². The molecule has 0 saturated heterocycles. The van der Waals surface area contributed by atoms with Crippen LogP contribution in [0.25, 0.3) is 0 Å². The molecule has 0 bridgehead atoms. The van der Waals surface area contributed by atoms with Crippen LogP contribution in [0.2, 0.25) is 5.02 Å². The molecule has 0 aliphatic carbocycles. The summed E-state index contributed by atoms with van der Waals surface area (Å²) < 4.78 is 0. The highest BCUT2D eigenvalue weighted by atomic mass is 35.5. The third-order valence-electron chi connectivity index (χ3n) is 2.08. The van der Waals surface area contributed by atoms with Gasteiger partial charge in [0.25, 0.3) is 0 Å². The molecule has 4 nitrogen and oxygen atoms in total. The lowest BCUT2D eigenvalue weighted by atomic mass is 10.1. The zero-order valence-electron chi connectivity index (χ0n) is 9.18. The number of nitrogens with one attached hydrogen (secondary N) is 1. The van der Waals surface area contributed by atoms with Crippen LogP contribution < -0.4 is 5.32 Å². The molecule has 1 atom stereocenters. The molecule has 0 aliphatic heterocycles. The van der Waals surface area contributed by atoms with Gasteiger partial charge in [0.05, 0.1) is 6.04 Å². The van der Waals surface area contributed by atoms with Gasteiger partial charge in [-0.15, -0.1) is 0 Å². The van der Waals surface area contributed by atoms with Crippen molar-refractivity contribution in [3.63, 3.8) is 0 Å². The monoisotopic (exact) mass is 253 g/mol. The van der Waals surface area contributed by atoms with Crippen molar-refractivity contribution in [3.05, 3.63) is 47.0 Å². The summed E-state index contributed by atoms with van der Waals surface area (Å²) in [7, 11) is 0. The van der Waals surface area contributed by atoms with Crippen molar-refractivity contribution < 1.29 is 14.7 Å². The number of aliphatic carboxylic acids is 1. The van der Waals surface area contributed by atoms with Gasteiger partial charge in [-0.25, -0.2) is 4.79 Å². The molecule has 1 rings (SSSR count). The van der Waals surface area contributed by atoms with E-state index >= 15 is 0 Å². The average Bonchev–Trinajstić information content (AvgIpc) is 2.26. The summed E-state index contributed by atoms with van der Waals surface area (Å²) in [5.74, 6) is -1.62. The number of hydrogen-bond acceptors (Lipinski definition) is 2. The molecular formula is C12H12ClNO3. The Kier molecular flexibility index (Phi) is 4.72. The van der Waals surface area contributed by atoms with Gasteiger partial charge >= 0.3 is 5.97 Å². The fourth-order valence-electron chi connectivity index (χ4n) is 1.27. The Morgan fingerprint density at radius 3 is 2.71 bits per heavy atom. The number of halogens is 1. The summed E-state index contributed by atoms with van der Waals surface area (Å²) in [6.45, 7) is 1.79. The molecular weight excluding hydrogens is 242 g/mol. The van der Waals surface area contributed by atoms with E-state index in [0.717, 1.165) is 17.7 Å². The first-order chi connectivity index (χ1) is 7.99. The molecule has 1 amide bonds. The van der Waals surface area contributed by atoms with Crippen molar-refractivity contribution in [2.24, 2.45) is 0 Å². The van der Waals surface area contributed by atoms with Gasteiger partial charge in [-0.1, -0.05) is 23.7 Å². The normalized spacial score (nSPS) is 12.4. The van der Waals surface area contributed by atoms with Gasteiger partial charge in [0.1, 0.15) is 0 Å². The summed E-state index contributed by atoms with van der Waals surface area (Å²) in [6, 6.07) is 6.86. The zero-order valence-corrected chi connectivity index (χ0v) is 9.94. The van der Waals surface area contributed by atoms with E-state index in [0.29, 0.717) is 5.02 Å². The average molecular weight is 254 g/mol. The maximum atomic E-state index is 11.3. The maximum absolute atomic E-state index is 11.3. The van der Waals surface area contributed by atoms with Gasteiger partial charge in [0.2, 0.25) is 5.91 Å². The molecule has 0 spiro atoms. The lowest BCUT2D eigenvalue weighted by Crippen LogP contribution is -2.24. The second-order valence-electron chi connectivity index (χ2n) is 3.46. The number of amides is 1. The maximum Gasteiger partial charge on any atom is 0.328 e. The molecule has 0 unspecified atom stereocenters. The Bertz CT molecular complexity index is 457. The van der Waals surface area contributed by atoms with Crippen LogP contribution in [0.1, 0.15) is 18.5 Å². The smallest absolute Gasteiger partial charge is 0.328 e. The highest BCUT2D eigenvalue weighted by Gasteiger charge is 2.07. The van der Waals surface area contributed by atoms with Crippen LogP contribution in [0.4, 0.5) is 0 Å². The van der Waals surface area contributed by atoms with E-state index in [1.807, 2.05) is 6.07 Å². The Labute approximate surface area is 104 Å². The van der Waals surface area contributed by atoms with E-state index in [1.54, 1.807) is 25.1 Å². The minimum atomic E-state index is -1.16. The van der Waals surface area contributed by atoms with E-state index in [9.17, 15) is 9.59 Å².